The highest BCUT2D eigenvalue weighted by atomic mass is 15.2. The lowest BCUT2D eigenvalue weighted by Gasteiger charge is -2.35. The van der Waals surface area contributed by atoms with Gasteiger partial charge in [0.2, 0.25) is 0 Å². The second-order valence-electron chi connectivity index (χ2n) is 4.31. The Morgan fingerprint density at radius 3 is 3.07 bits per heavy atom. The summed E-state index contributed by atoms with van der Waals surface area (Å²) < 4.78 is 0. The van der Waals surface area contributed by atoms with E-state index in [0.29, 0.717) is 12.0 Å². The Labute approximate surface area is 85.6 Å². The largest absolute Gasteiger partial charge is 0.370 e. The van der Waals surface area contributed by atoms with Gasteiger partial charge in [-0.1, -0.05) is 0 Å². The number of guanidine groups is 1. The van der Waals surface area contributed by atoms with Gasteiger partial charge < -0.3 is 16.0 Å². The molecule has 4 nitrogen and oxygen atoms in total. The molecule has 2 heterocycles. The van der Waals surface area contributed by atoms with Gasteiger partial charge >= 0.3 is 0 Å². The van der Waals surface area contributed by atoms with Crippen molar-refractivity contribution in [1.29, 1.82) is 0 Å². The van der Waals surface area contributed by atoms with Crippen molar-refractivity contribution in [3.8, 4) is 0 Å². The van der Waals surface area contributed by atoms with Crippen molar-refractivity contribution in [2.45, 2.75) is 37.8 Å². The van der Waals surface area contributed by atoms with Crippen LogP contribution in [0.15, 0.2) is 4.99 Å². The molecule has 0 spiro atoms. The molecule has 4 heteroatoms. The maximum atomic E-state index is 5.67. The molecule has 0 aliphatic carbocycles. The van der Waals surface area contributed by atoms with Gasteiger partial charge in [-0.05, 0) is 32.2 Å². The van der Waals surface area contributed by atoms with Crippen LogP contribution in [0, 0.1) is 0 Å². The minimum absolute atomic E-state index is 0.540. The van der Waals surface area contributed by atoms with Crippen molar-refractivity contribution >= 4 is 5.96 Å². The van der Waals surface area contributed by atoms with E-state index in [-0.39, 0.29) is 0 Å². The highest BCUT2D eigenvalue weighted by Gasteiger charge is 2.31. The third kappa shape index (κ3) is 2.00. The monoisotopic (exact) mass is 196 g/mol. The Morgan fingerprint density at radius 2 is 2.29 bits per heavy atom. The van der Waals surface area contributed by atoms with Crippen LogP contribution in [-0.2, 0) is 0 Å². The van der Waals surface area contributed by atoms with Gasteiger partial charge in [0.25, 0.3) is 0 Å². The van der Waals surface area contributed by atoms with E-state index in [1.54, 1.807) is 7.05 Å². The van der Waals surface area contributed by atoms with Crippen molar-refractivity contribution < 1.29 is 0 Å². The zero-order valence-electron chi connectivity index (χ0n) is 8.87. The van der Waals surface area contributed by atoms with Crippen LogP contribution >= 0.6 is 0 Å². The van der Waals surface area contributed by atoms with Gasteiger partial charge in [0.05, 0.1) is 0 Å². The lowest BCUT2D eigenvalue weighted by molar-refractivity contribution is 0.175. The summed E-state index contributed by atoms with van der Waals surface area (Å²) in [5.41, 5.74) is 5.67. The average molecular weight is 196 g/mol. The first kappa shape index (κ1) is 9.77. The van der Waals surface area contributed by atoms with Crippen LogP contribution in [0.1, 0.15) is 25.7 Å². The normalized spacial score (nSPS) is 34.2. The van der Waals surface area contributed by atoms with Crippen LogP contribution < -0.4 is 11.1 Å². The van der Waals surface area contributed by atoms with Crippen LogP contribution in [0.2, 0.25) is 0 Å². The molecule has 14 heavy (non-hydrogen) atoms. The number of hydrogen-bond acceptors (Lipinski definition) is 2. The van der Waals surface area contributed by atoms with Gasteiger partial charge in [-0.25, -0.2) is 0 Å². The molecule has 2 fully saturated rings. The quantitative estimate of drug-likeness (QED) is 0.463. The van der Waals surface area contributed by atoms with Crippen molar-refractivity contribution in [3.05, 3.63) is 0 Å². The summed E-state index contributed by atoms with van der Waals surface area (Å²) in [6.07, 6.45) is 5.17. The SMILES string of the molecule is CN=C(N)NC1CCN2CCCC2C1. The smallest absolute Gasteiger partial charge is 0.188 e. The Bertz CT molecular complexity index is 226. The lowest BCUT2D eigenvalue weighted by atomic mass is 9.98. The van der Waals surface area contributed by atoms with Crippen molar-refractivity contribution in [1.82, 2.24) is 10.2 Å². The van der Waals surface area contributed by atoms with Gasteiger partial charge in [-0.15, -0.1) is 0 Å². The molecule has 0 radical (unpaired) electrons. The molecule has 0 aromatic rings. The zero-order chi connectivity index (χ0) is 9.97. The van der Waals surface area contributed by atoms with E-state index in [1.807, 2.05) is 0 Å². The standard InChI is InChI=1S/C10H20N4/c1-12-10(11)13-8-4-6-14-5-2-3-9(14)7-8/h8-9H,2-7H2,1H3,(H3,11,12,13). The zero-order valence-corrected chi connectivity index (χ0v) is 8.87. The Kier molecular flexibility index (Phi) is 2.91. The summed E-state index contributed by atoms with van der Waals surface area (Å²) in [6.45, 7) is 2.52. The molecule has 0 aromatic heterocycles. The van der Waals surface area contributed by atoms with E-state index in [1.165, 1.54) is 38.8 Å². The van der Waals surface area contributed by atoms with E-state index in [9.17, 15) is 0 Å². The number of aliphatic imine (C=N–C) groups is 1. The van der Waals surface area contributed by atoms with E-state index in [2.05, 4.69) is 15.2 Å². The van der Waals surface area contributed by atoms with Gasteiger partial charge in [-0.3, -0.25) is 4.99 Å². The lowest BCUT2D eigenvalue weighted by Crippen LogP contribution is -2.49. The summed E-state index contributed by atoms with van der Waals surface area (Å²) in [6, 6.07) is 1.34. The Hall–Kier alpha value is -0.770. The number of nitrogens with zero attached hydrogens (tertiary/aromatic N) is 2. The average Bonchev–Trinajstić information content (AvgIpc) is 2.64. The third-order valence-corrected chi connectivity index (χ3v) is 3.41. The molecule has 2 saturated heterocycles. The van der Waals surface area contributed by atoms with Crippen LogP contribution in [0.3, 0.4) is 0 Å². The summed E-state index contributed by atoms with van der Waals surface area (Å²) in [4.78, 5) is 6.55. The highest BCUT2D eigenvalue weighted by Crippen LogP contribution is 2.26. The number of fused-ring (bicyclic) bond motifs is 1. The van der Waals surface area contributed by atoms with Crippen molar-refractivity contribution in [3.63, 3.8) is 0 Å². The summed E-state index contributed by atoms with van der Waals surface area (Å²) >= 11 is 0. The molecule has 0 aromatic carbocycles. The topological polar surface area (TPSA) is 53.6 Å². The van der Waals surface area contributed by atoms with E-state index in [0.717, 1.165) is 6.04 Å². The predicted molar refractivity (Wildman–Crippen MR) is 58.3 cm³/mol. The molecule has 3 N–H and O–H groups in total. The second kappa shape index (κ2) is 4.17. The summed E-state index contributed by atoms with van der Waals surface area (Å²) in [7, 11) is 1.73. The van der Waals surface area contributed by atoms with Crippen LogP contribution in [0.4, 0.5) is 0 Å². The Balaban J connectivity index is 1.85. The fraction of sp³-hybridized carbons (Fsp3) is 0.900. The molecule has 80 valence electrons. The summed E-state index contributed by atoms with van der Waals surface area (Å²) in [5.74, 6) is 0.585. The molecule has 0 bridgehead atoms. The molecule has 2 atom stereocenters. The molecule has 2 aliphatic heterocycles. The van der Waals surface area contributed by atoms with Gasteiger partial charge in [0, 0.05) is 25.7 Å². The number of nitrogens with two attached hydrogens (primary N) is 1. The predicted octanol–water partition coefficient (Wildman–Crippen LogP) is 0.147. The first-order valence-corrected chi connectivity index (χ1v) is 5.52. The highest BCUT2D eigenvalue weighted by molar-refractivity contribution is 5.77. The van der Waals surface area contributed by atoms with Gasteiger partial charge in [-0.2, -0.15) is 0 Å². The number of rotatable bonds is 1. The summed E-state index contributed by atoms with van der Waals surface area (Å²) in [5, 5.41) is 3.28. The third-order valence-electron chi connectivity index (χ3n) is 3.41. The van der Waals surface area contributed by atoms with Crippen LogP contribution in [0.25, 0.3) is 0 Å². The maximum Gasteiger partial charge on any atom is 0.188 e. The first-order valence-electron chi connectivity index (χ1n) is 5.52. The molecular formula is C10H20N4. The van der Waals surface area contributed by atoms with Crippen LogP contribution in [-0.4, -0.2) is 43.1 Å². The second-order valence-corrected chi connectivity index (χ2v) is 4.31. The van der Waals surface area contributed by atoms with Gasteiger partial charge in [0.15, 0.2) is 5.96 Å². The molecule has 0 amide bonds. The van der Waals surface area contributed by atoms with E-state index >= 15 is 0 Å². The number of piperidine rings is 1. The van der Waals surface area contributed by atoms with Crippen molar-refractivity contribution in [2.75, 3.05) is 20.1 Å². The molecule has 2 rings (SSSR count). The fourth-order valence-corrected chi connectivity index (χ4v) is 2.63. The van der Waals surface area contributed by atoms with E-state index < -0.39 is 0 Å². The fourth-order valence-electron chi connectivity index (χ4n) is 2.63. The Morgan fingerprint density at radius 1 is 1.43 bits per heavy atom. The molecular weight excluding hydrogens is 176 g/mol. The maximum absolute atomic E-state index is 5.67. The molecule has 0 saturated carbocycles. The molecule has 2 aliphatic rings. The minimum Gasteiger partial charge on any atom is -0.370 e. The van der Waals surface area contributed by atoms with E-state index in [4.69, 9.17) is 5.73 Å². The molecule has 2 unspecified atom stereocenters. The van der Waals surface area contributed by atoms with Crippen LogP contribution in [0.5, 0.6) is 0 Å². The number of hydrogen-bond donors (Lipinski definition) is 2. The first-order chi connectivity index (χ1) is 6.79. The van der Waals surface area contributed by atoms with Gasteiger partial charge in [0.1, 0.15) is 0 Å². The number of nitrogens with one attached hydrogen (secondary N) is 1. The van der Waals surface area contributed by atoms with Crippen molar-refractivity contribution in [2.24, 2.45) is 10.7 Å². The minimum atomic E-state index is 0.540.